The summed E-state index contributed by atoms with van der Waals surface area (Å²) in [6.45, 7) is 0.912. The van der Waals surface area contributed by atoms with Gasteiger partial charge >= 0.3 is 0 Å². The van der Waals surface area contributed by atoms with Gasteiger partial charge in [0.05, 0.1) is 12.3 Å². The number of hydrogen-bond donors (Lipinski definition) is 1. The van der Waals surface area contributed by atoms with Gasteiger partial charge in [-0.1, -0.05) is 35.5 Å². The summed E-state index contributed by atoms with van der Waals surface area (Å²) in [5.41, 5.74) is 3.05. The Labute approximate surface area is 132 Å². The Morgan fingerprint density at radius 2 is 1.78 bits per heavy atom. The van der Waals surface area contributed by atoms with E-state index < -0.39 is 0 Å². The highest BCUT2D eigenvalue weighted by Gasteiger charge is 2.18. The second kappa shape index (κ2) is 5.73. The van der Waals surface area contributed by atoms with Gasteiger partial charge in [0, 0.05) is 11.6 Å². The molecule has 0 saturated carbocycles. The Hall–Kier alpha value is -2.86. The topological polar surface area (TPSA) is 69.4 Å². The Balaban J connectivity index is 1.85. The molecule has 23 heavy (non-hydrogen) atoms. The van der Waals surface area contributed by atoms with Crippen molar-refractivity contribution in [2.75, 3.05) is 13.2 Å². The number of ether oxygens (including phenoxy) is 2. The number of hydrogen-bond acceptors (Lipinski definition) is 5. The maximum atomic E-state index is 9.57. The lowest BCUT2D eigenvalue weighted by Gasteiger charge is -2.19. The summed E-state index contributed by atoms with van der Waals surface area (Å²) in [4.78, 5) is 0. The molecule has 1 aromatic heterocycles. The van der Waals surface area contributed by atoms with Crippen molar-refractivity contribution < 1.29 is 14.6 Å². The minimum Gasteiger partial charge on any atom is -0.486 e. The van der Waals surface area contributed by atoms with Crippen LogP contribution >= 0.6 is 0 Å². The van der Waals surface area contributed by atoms with Crippen LogP contribution in [0.1, 0.15) is 5.69 Å². The molecular formula is C17H15N3O3. The molecule has 1 N–H and O–H groups in total. The van der Waals surface area contributed by atoms with Crippen molar-refractivity contribution >= 4 is 0 Å². The van der Waals surface area contributed by atoms with Gasteiger partial charge in [0.15, 0.2) is 11.5 Å². The first-order valence-corrected chi connectivity index (χ1v) is 7.37. The number of aromatic nitrogens is 3. The molecule has 6 nitrogen and oxygen atoms in total. The molecular weight excluding hydrogens is 294 g/mol. The normalized spacial score (nSPS) is 13.1. The summed E-state index contributed by atoms with van der Waals surface area (Å²) in [5, 5.41) is 17.9. The molecule has 0 spiro atoms. The van der Waals surface area contributed by atoms with Crippen molar-refractivity contribution in [1.29, 1.82) is 0 Å². The smallest absolute Gasteiger partial charge is 0.163 e. The van der Waals surface area contributed by atoms with Crippen LogP contribution < -0.4 is 9.47 Å². The van der Waals surface area contributed by atoms with Crippen molar-refractivity contribution in [3.05, 3.63) is 54.2 Å². The van der Waals surface area contributed by atoms with Gasteiger partial charge in [-0.05, 0) is 12.1 Å². The van der Waals surface area contributed by atoms with Crippen LogP contribution in [0.5, 0.6) is 11.5 Å². The van der Waals surface area contributed by atoms with E-state index in [4.69, 9.17) is 9.47 Å². The fraction of sp³-hybridized carbons (Fsp3) is 0.176. The molecule has 1 aliphatic heterocycles. The van der Waals surface area contributed by atoms with Gasteiger partial charge in [0.25, 0.3) is 0 Å². The minimum atomic E-state index is -0.172. The standard InChI is InChI=1S/C17H15N3O3/c21-11-14-17(12-4-2-1-3-5-12)20(19-18-14)13-6-7-15-16(10-13)23-9-8-22-15/h1-7,10,21H,8-9,11H2. The lowest BCUT2D eigenvalue weighted by atomic mass is 10.1. The third-order valence-corrected chi connectivity index (χ3v) is 3.71. The van der Waals surface area contributed by atoms with Crippen molar-refractivity contribution in [2.24, 2.45) is 0 Å². The zero-order valence-electron chi connectivity index (χ0n) is 12.3. The summed E-state index contributed by atoms with van der Waals surface area (Å²) in [6.07, 6.45) is 0. The van der Waals surface area contributed by atoms with Crippen LogP contribution in [0, 0.1) is 0 Å². The summed E-state index contributed by atoms with van der Waals surface area (Å²) in [6, 6.07) is 15.4. The number of aliphatic hydroxyl groups excluding tert-OH is 1. The van der Waals surface area contributed by atoms with Gasteiger partial charge in [-0.2, -0.15) is 0 Å². The van der Waals surface area contributed by atoms with Crippen LogP contribution in [-0.2, 0) is 6.61 Å². The molecule has 0 unspecified atom stereocenters. The maximum Gasteiger partial charge on any atom is 0.163 e. The summed E-state index contributed by atoms with van der Waals surface area (Å²) in [7, 11) is 0. The predicted molar refractivity (Wildman–Crippen MR) is 83.7 cm³/mol. The summed E-state index contributed by atoms with van der Waals surface area (Å²) < 4.78 is 12.9. The number of nitrogens with zero attached hydrogens (tertiary/aromatic N) is 3. The van der Waals surface area contributed by atoms with Gasteiger partial charge in [-0.25, -0.2) is 4.68 Å². The number of benzene rings is 2. The van der Waals surface area contributed by atoms with E-state index in [1.54, 1.807) is 4.68 Å². The van der Waals surface area contributed by atoms with Gasteiger partial charge in [-0.15, -0.1) is 5.10 Å². The molecule has 116 valence electrons. The van der Waals surface area contributed by atoms with E-state index >= 15 is 0 Å². The highest BCUT2D eigenvalue weighted by molar-refractivity contribution is 5.65. The monoisotopic (exact) mass is 309 g/mol. The molecule has 1 aliphatic rings. The molecule has 4 rings (SSSR count). The molecule has 0 atom stereocenters. The van der Waals surface area contributed by atoms with Gasteiger partial charge < -0.3 is 14.6 Å². The second-order valence-electron chi connectivity index (χ2n) is 5.15. The molecule has 2 aromatic carbocycles. The minimum absolute atomic E-state index is 0.172. The highest BCUT2D eigenvalue weighted by Crippen LogP contribution is 2.33. The Bertz CT molecular complexity index is 830. The van der Waals surface area contributed by atoms with Crippen LogP contribution in [0.4, 0.5) is 0 Å². The Morgan fingerprint density at radius 3 is 2.57 bits per heavy atom. The summed E-state index contributed by atoms with van der Waals surface area (Å²) >= 11 is 0. The van der Waals surface area contributed by atoms with Crippen LogP contribution in [0.25, 0.3) is 16.9 Å². The lowest BCUT2D eigenvalue weighted by molar-refractivity contribution is 0.171. The van der Waals surface area contributed by atoms with E-state index in [-0.39, 0.29) is 6.61 Å². The van der Waals surface area contributed by atoms with E-state index in [9.17, 15) is 5.11 Å². The van der Waals surface area contributed by atoms with E-state index in [0.29, 0.717) is 24.7 Å². The van der Waals surface area contributed by atoms with Gasteiger partial charge in [-0.3, -0.25) is 0 Å². The molecule has 6 heteroatoms. The van der Waals surface area contributed by atoms with E-state index in [1.807, 2.05) is 48.5 Å². The Morgan fingerprint density at radius 1 is 1.00 bits per heavy atom. The van der Waals surface area contributed by atoms with Crippen LogP contribution in [0.15, 0.2) is 48.5 Å². The Kier molecular flexibility index (Phi) is 3.44. The van der Waals surface area contributed by atoms with Crippen LogP contribution in [-0.4, -0.2) is 33.3 Å². The first-order valence-electron chi connectivity index (χ1n) is 7.37. The SMILES string of the molecule is OCc1nnn(-c2ccc3c(c2)OCCO3)c1-c1ccccc1. The zero-order valence-corrected chi connectivity index (χ0v) is 12.3. The number of fused-ring (bicyclic) bond motifs is 1. The molecule has 0 radical (unpaired) electrons. The van der Waals surface area contributed by atoms with Crippen LogP contribution in [0.3, 0.4) is 0 Å². The molecule has 2 heterocycles. The van der Waals surface area contributed by atoms with Gasteiger partial charge in [0.2, 0.25) is 0 Å². The van der Waals surface area contributed by atoms with Crippen molar-refractivity contribution in [1.82, 2.24) is 15.0 Å². The second-order valence-corrected chi connectivity index (χ2v) is 5.15. The van der Waals surface area contributed by atoms with E-state index in [1.165, 1.54) is 0 Å². The maximum absolute atomic E-state index is 9.57. The van der Waals surface area contributed by atoms with E-state index in [2.05, 4.69) is 10.3 Å². The predicted octanol–water partition coefficient (Wildman–Crippen LogP) is 2.20. The quantitative estimate of drug-likeness (QED) is 0.803. The molecule has 0 aliphatic carbocycles. The third-order valence-electron chi connectivity index (χ3n) is 3.71. The van der Waals surface area contributed by atoms with Crippen molar-refractivity contribution in [2.45, 2.75) is 6.61 Å². The first kappa shape index (κ1) is 13.8. The average Bonchev–Trinajstić information content (AvgIpc) is 3.06. The number of aliphatic hydroxyl groups is 1. The fourth-order valence-corrected chi connectivity index (χ4v) is 2.65. The molecule has 0 bridgehead atoms. The first-order chi connectivity index (χ1) is 11.4. The molecule has 0 saturated heterocycles. The van der Waals surface area contributed by atoms with Crippen molar-refractivity contribution in [3.8, 4) is 28.4 Å². The summed E-state index contributed by atoms with van der Waals surface area (Å²) in [5.74, 6) is 1.41. The van der Waals surface area contributed by atoms with Crippen molar-refractivity contribution in [3.63, 3.8) is 0 Å². The average molecular weight is 309 g/mol. The molecule has 0 amide bonds. The fourth-order valence-electron chi connectivity index (χ4n) is 2.65. The molecule has 0 fully saturated rings. The lowest BCUT2D eigenvalue weighted by Crippen LogP contribution is -2.15. The number of rotatable bonds is 3. The van der Waals surface area contributed by atoms with Crippen LogP contribution in [0.2, 0.25) is 0 Å². The van der Waals surface area contributed by atoms with Gasteiger partial charge in [0.1, 0.15) is 24.6 Å². The third kappa shape index (κ3) is 2.43. The van der Waals surface area contributed by atoms with E-state index in [0.717, 1.165) is 22.7 Å². The zero-order chi connectivity index (χ0) is 15.6. The highest BCUT2D eigenvalue weighted by atomic mass is 16.6. The largest absolute Gasteiger partial charge is 0.486 e. The molecule has 3 aromatic rings.